The van der Waals surface area contributed by atoms with Crippen molar-refractivity contribution in [1.82, 2.24) is 10.6 Å². The van der Waals surface area contributed by atoms with Crippen molar-refractivity contribution in [2.75, 3.05) is 7.11 Å². The Morgan fingerprint density at radius 3 is 2.07 bits per heavy atom. The van der Waals surface area contributed by atoms with Gasteiger partial charge in [-0.15, -0.1) is 0 Å². The van der Waals surface area contributed by atoms with Crippen LogP contribution in [0, 0.1) is 11.8 Å². The lowest BCUT2D eigenvalue weighted by atomic mass is 9.84. The van der Waals surface area contributed by atoms with E-state index in [0.717, 1.165) is 11.1 Å². The molecule has 0 aromatic heterocycles. The summed E-state index contributed by atoms with van der Waals surface area (Å²) in [5, 5.41) is 5.01. The third kappa shape index (κ3) is 5.31. The summed E-state index contributed by atoms with van der Waals surface area (Å²) in [5.74, 6) is -3.47. The number of nitrogens with one attached hydrogen (secondary N) is 2. The van der Waals surface area contributed by atoms with Crippen LogP contribution in [0.4, 0.5) is 0 Å². The Hall–Kier alpha value is -3.48. The monoisotopic (exact) mass is 408 g/mol. The molecule has 7 nitrogen and oxygen atoms in total. The molecule has 3 amide bonds. The maximum atomic E-state index is 13.2. The molecule has 1 aliphatic rings. The molecule has 156 valence electrons. The van der Waals surface area contributed by atoms with Crippen LogP contribution in [0.3, 0.4) is 0 Å². The number of benzene rings is 2. The van der Waals surface area contributed by atoms with Gasteiger partial charge in [-0.3, -0.25) is 19.7 Å². The maximum absolute atomic E-state index is 13.2. The number of carbonyl (C=O) groups is 4. The van der Waals surface area contributed by atoms with Crippen molar-refractivity contribution < 1.29 is 23.9 Å². The molecule has 0 radical (unpaired) electrons. The summed E-state index contributed by atoms with van der Waals surface area (Å²) < 4.78 is 4.86. The number of esters is 1. The molecule has 0 saturated carbocycles. The molecule has 3 atom stereocenters. The van der Waals surface area contributed by atoms with E-state index in [2.05, 4.69) is 10.6 Å². The summed E-state index contributed by atoms with van der Waals surface area (Å²) in [7, 11) is 1.26. The first-order valence-corrected chi connectivity index (χ1v) is 9.77. The molecular weight excluding hydrogens is 384 g/mol. The van der Waals surface area contributed by atoms with Gasteiger partial charge in [0.2, 0.25) is 17.7 Å². The molecule has 30 heavy (non-hydrogen) atoms. The fourth-order valence-electron chi connectivity index (χ4n) is 3.65. The number of hydrogen-bond acceptors (Lipinski definition) is 5. The van der Waals surface area contributed by atoms with Gasteiger partial charge in [0.05, 0.1) is 18.9 Å². The smallest absolute Gasteiger partial charge is 0.328 e. The van der Waals surface area contributed by atoms with Crippen LogP contribution < -0.4 is 10.6 Å². The van der Waals surface area contributed by atoms with E-state index in [9.17, 15) is 19.2 Å². The van der Waals surface area contributed by atoms with Crippen molar-refractivity contribution >= 4 is 23.7 Å². The predicted molar refractivity (Wildman–Crippen MR) is 109 cm³/mol. The van der Waals surface area contributed by atoms with Crippen molar-refractivity contribution in [2.24, 2.45) is 11.8 Å². The molecule has 0 spiro atoms. The largest absolute Gasteiger partial charge is 0.467 e. The number of amides is 3. The Bertz CT molecular complexity index is 914. The Kier molecular flexibility index (Phi) is 6.95. The highest BCUT2D eigenvalue weighted by Crippen LogP contribution is 2.25. The maximum Gasteiger partial charge on any atom is 0.328 e. The van der Waals surface area contributed by atoms with Gasteiger partial charge in [-0.25, -0.2) is 4.79 Å². The lowest BCUT2D eigenvalue weighted by Gasteiger charge is -2.24. The fourth-order valence-corrected chi connectivity index (χ4v) is 3.65. The van der Waals surface area contributed by atoms with Gasteiger partial charge in [-0.2, -0.15) is 0 Å². The normalized spacial score (nSPS) is 17.7. The van der Waals surface area contributed by atoms with Gasteiger partial charge in [0.1, 0.15) is 6.04 Å². The molecule has 1 aliphatic heterocycles. The molecule has 0 bridgehead atoms. The second-order valence-electron chi connectivity index (χ2n) is 7.29. The third-order valence-electron chi connectivity index (χ3n) is 5.21. The topological polar surface area (TPSA) is 102 Å². The Labute approximate surface area is 174 Å². The number of imide groups is 1. The van der Waals surface area contributed by atoms with Crippen LogP contribution in [-0.2, 0) is 36.8 Å². The van der Waals surface area contributed by atoms with Gasteiger partial charge in [0, 0.05) is 12.8 Å². The molecule has 2 aromatic rings. The minimum atomic E-state index is -0.900. The first kappa shape index (κ1) is 21.2. The average Bonchev–Trinajstić information content (AvgIpc) is 3.09. The van der Waals surface area contributed by atoms with Gasteiger partial charge in [-0.1, -0.05) is 60.7 Å². The second-order valence-corrected chi connectivity index (χ2v) is 7.29. The molecule has 3 rings (SSSR count). The second kappa shape index (κ2) is 9.82. The summed E-state index contributed by atoms with van der Waals surface area (Å²) in [6.07, 6.45) is 0.482. The number of rotatable bonds is 8. The quantitative estimate of drug-likeness (QED) is 0.508. The standard InChI is InChI=1S/C23H24N2O5/c1-30-23(29)19(13-16-10-6-3-7-11-16)24-21(27)17(12-15-8-4-2-5-9-15)18-14-20(26)25-22(18)28/h2-11,17-19H,12-14H2,1H3,(H,24,27)(H,25,26,28)/t17-,18?,19?/m0/s1. The summed E-state index contributed by atoms with van der Waals surface area (Å²) in [6.45, 7) is 0. The van der Waals surface area contributed by atoms with Crippen molar-refractivity contribution in [3.05, 3.63) is 71.8 Å². The zero-order chi connectivity index (χ0) is 21.5. The van der Waals surface area contributed by atoms with E-state index in [4.69, 9.17) is 4.74 Å². The van der Waals surface area contributed by atoms with Crippen molar-refractivity contribution in [3.63, 3.8) is 0 Å². The van der Waals surface area contributed by atoms with Gasteiger partial charge >= 0.3 is 5.97 Å². The molecule has 1 fully saturated rings. The van der Waals surface area contributed by atoms with Crippen LogP contribution in [0.1, 0.15) is 17.5 Å². The zero-order valence-electron chi connectivity index (χ0n) is 16.7. The lowest BCUT2D eigenvalue weighted by molar-refractivity contribution is -0.146. The van der Waals surface area contributed by atoms with Crippen molar-refractivity contribution in [1.29, 1.82) is 0 Å². The number of ether oxygens (including phenoxy) is 1. The van der Waals surface area contributed by atoms with E-state index in [1.807, 2.05) is 60.7 Å². The van der Waals surface area contributed by atoms with Gasteiger partial charge in [-0.05, 0) is 17.5 Å². The van der Waals surface area contributed by atoms with Gasteiger partial charge < -0.3 is 10.1 Å². The summed E-state index contributed by atoms with van der Waals surface area (Å²) in [6, 6.07) is 17.6. The minimum absolute atomic E-state index is 0.0503. The zero-order valence-corrected chi connectivity index (χ0v) is 16.7. The highest BCUT2D eigenvalue weighted by atomic mass is 16.5. The first-order chi connectivity index (χ1) is 14.5. The predicted octanol–water partition coefficient (Wildman–Crippen LogP) is 1.41. The van der Waals surface area contributed by atoms with Crippen LogP contribution >= 0.6 is 0 Å². The highest BCUT2D eigenvalue weighted by molar-refractivity contribution is 6.05. The molecule has 2 N–H and O–H groups in total. The van der Waals surface area contributed by atoms with E-state index in [-0.39, 0.29) is 19.3 Å². The summed E-state index contributed by atoms with van der Waals surface area (Å²) in [4.78, 5) is 49.5. The number of hydrogen-bond donors (Lipinski definition) is 2. The molecule has 2 unspecified atom stereocenters. The Morgan fingerprint density at radius 1 is 1.00 bits per heavy atom. The highest BCUT2D eigenvalue weighted by Gasteiger charge is 2.41. The van der Waals surface area contributed by atoms with Crippen molar-refractivity contribution in [3.8, 4) is 0 Å². The van der Waals surface area contributed by atoms with Crippen molar-refractivity contribution in [2.45, 2.75) is 25.3 Å². The lowest BCUT2D eigenvalue weighted by Crippen LogP contribution is -2.48. The minimum Gasteiger partial charge on any atom is -0.467 e. The van der Waals surface area contributed by atoms with E-state index in [1.54, 1.807) is 0 Å². The summed E-state index contributed by atoms with van der Waals surface area (Å²) in [5.41, 5.74) is 1.73. The van der Waals surface area contributed by atoms with E-state index in [1.165, 1.54) is 7.11 Å². The SMILES string of the molecule is COC(=O)C(Cc1ccccc1)NC(=O)[C@@H](Cc1ccccc1)C1CC(=O)NC1=O. The number of methoxy groups -OCH3 is 1. The van der Waals surface area contributed by atoms with Gasteiger partial charge in [0.25, 0.3) is 0 Å². The molecule has 1 heterocycles. The summed E-state index contributed by atoms with van der Waals surface area (Å²) >= 11 is 0. The van der Waals surface area contributed by atoms with Gasteiger partial charge in [0.15, 0.2) is 0 Å². The average molecular weight is 408 g/mol. The number of carbonyl (C=O) groups excluding carboxylic acids is 4. The molecule has 1 saturated heterocycles. The molecule has 7 heteroatoms. The van der Waals surface area contributed by atoms with Crippen LogP contribution in [-0.4, -0.2) is 36.8 Å². The Balaban J connectivity index is 1.81. The third-order valence-corrected chi connectivity index (χ3v) is 5.21. The Morgan fingerprint density at radius 2 is 1.57 bits per heavy atom. The van der Waals surface area contributed by atoms with Crippen LogP contribution in [0.5, 0.6) is 0 Å². The van der Waals surface area contributed by atoms with E-state index >= 15 is 0 Å². The van der Waals surface area contributed by atoms with Crippen LogP contribution in [0.15, 0.2) is 60.7 Å². The van der Waals surface area contributed by atoms with Crippen LogP contribution in [0.25, 0.3) is 0 Å². The van der Waals surface area contributed by atoms with Crippen LogP contribution in [0.2, 0.25) is 0 Å². The van der Waals surface area contributed by atoms with E-state index < -0.39 is 41.6 Å². The fraction of sp³-hybridized carbons (Fsp3) is 0.304. The molecular formula is C23H24N2O5. The molecule has 0 aliphatic carbocycles. The molecule has 2 aromatic carbocycles. The van der Waals surface area contributed by atoms with E-state index in [0.29, 0.717) is 0 Å². The first-order valence-electron chi connectivity index (χ1n) is 9.77.